The number of hydrogen-bond acceptors (Lipinski definition) is 4. The second-order valence-electron chi connectivity index (χ2n) is 7.30. The topological polar surface area (TPSA) is 65.8 Å². The number of amides is 1. The minimum absolute atomic E-state index is 0.111. The molecule has 0 radical (unpaired) electrons. The zero-order chi connectivity index (χ0) is 21.8. The molecule has 0 saturated carbocycles. The van der Waals surface area contributed by atoms with Gasteiger partial charge in [0, 0.05) is 24.2 Å². The van der Waals surface area contributed by atoms with E-state index in [9.17, 15) is 40.6 Å². The number of carbonyl (C=O) groups is 1. The number of nitrogens with zero attached hydrogens (tertiary/aromatic N) is 3. The Labute approximate surface area is 154 Å². The number of alkyl halides is 7. The Morgan fingerprint density at radius 2 is 1.71 bits per heavy atom. The summed E-state index contributed by atoms with van der Waals surface area (Å²) in [6.45, 7) is 3.86. The van der Waals surface area contributed by atoms with Crippen LogP contribution in [0, 0.1) is 5.41 Å². The molecule has 0 aromatic carbocycles. The Morgan fingerprint density at radius 1 is 1.14 bits per heavy atom. The molecule has 0 fully saturated rings. The van der Waals surface area contributed by atoms with Gasteiger partial charge < -0.3 is 5.11 Å². The van der Waals surface area contributed by atoms with Gasteiger partial charge in [0.05, 0.1) is 5.56 Å². The summed E-state index contributed by atoms with van der Waals surface area (Å²) < 4.78 is 92.5. The molecule has 1 N–H and O–H groups in total. The molecule has 1 atom stereocenters. The van der Waals surface area contributed by atoms with Crippen LogP contribution in [0.25, 0.3) is 0 Å². The average Bonchev–Trinajstić information content (AvgIpc) is 2.93. The van der Waals surface area contributed by atoms with Crippen LogP contribution in [-0.4, -0.2) is 50.5 Å². The molecule has 0 saturated heterocycles. The maximum Gasteiger partial charge on any atom is 0.460 e. The first-order valence-electron chi connectivity index (χ1n) is 7.84. The quantitative estimate of drug-likeness (QED) is 0.763. The van der Waals surface area contributed by atoms with E-state index in [-0.39, 0.29) is 10.6 Å². The van der Waals surface area contributed by atoms with Crippen LogP contribution in [-0.2, 0) is 0 Å². The monoisotopic (exact) mass is 415 g/mol. The summed E-state index contributed by atoms with van der Waals surface area (Å²) in [5.41, 5.74) is -6.20. The highest BCUT2D eigenvalue weighted by Crippen LogP contribution is 2.51. The fraction of sp³-hybridized carbons (Fsp3) is 0.562. The Hall–Kier alpha value is -2.24. The Bertz CT molecular complexity index is 788. The molecule has 1 aliphatic heterocycles. The lowest BCUT2D eigenvalue weighted by molar-refractivity contribution is -0.336. The van der Waals surface area contributed by atoms with Gasteiger partial charge in [-0.1, -0.05) is 20.8 Å². The van der Waals surface area contributed by atoms with Gasteiger partial charge in [0.1, 0.15) is 5.71 Å². The van der Waals surface area contributed by atoms with Crippen molar-refractivity contribution in [1.29, 1.82) is 0 Å². The van der Waals surface area contributed by atoms with Crippen molar-refractivity contribution in [1.82, 2.24) is 9.99 Å². The standard InChI is InChI=1S/C16H16F7N3O2/c1-12(2,3)13(28)7-10(14(17,18)15(19,20)16(21,22)23)25-26(13)11(27)9-5-4-6-24-8-9/h4-6,8,28H,7H2,1-3H3/t13-/m0/s1. The molecule has 2 rings (SSSR count). The molecule has 0 bridgehead atoms. The van der Waals surface area contributed by atoms with E-state index in [2.05, 4.69) is 10.1 Å². The van der Waals surface area contributed by atoms with Crippen molar-refractivity contribution < 1.29 is 40.6 Å². The molecule has 1 aromatic rings. The third-order valence-corrected chi connectivity index (χ3v) is 4.40. The third-order valence-electron chi connectivity index (χ3n) is 4.40. The number of aromatic nitrogens is 1. The zero-order valence-electron chi connectivity index (χ0n) is 14.9. The van der Waals surface area contributed by atoms with Gasteiger partial charge in [0.2, 0.25) is 0 Å². The van der Waals surface area contributed by atoms with E-state index in [1.54, 1.807) is 0 Å². The van der Waals surface area contributed by atoms with E-state index in [4.69, 9.17) is 0 Å². The molecular weight excluding hydrogens is 399 g/mol. The first kappa shape index (κ1) is 22.1. The van der Waals surface area contributed by atoms with Crippen molar-refractivity contribution in [3.63, 3.8) is 0 Å². The molecule has 156 valence electrons. The van der Waals surface area contributed by atoms with E-state index in [1.807, 2.05) is 0 Å². The number of carbonyl (C=O) groups excluding carboxylic acids is 1. The van der Waals surface area contributed by atoms with Gasteiger partial charge in [0.15, 0.2) is 5.72 Å². The van der Waals surface area contributed by atoms with Gasteiger partial charge in [-0.3, -0.25) is 9.78 Å². The van der Waals surface area contributed by atoms with E-state index in [0.717, 1.165) is 6.20 Å². The van der Waals surface area contributed by atoms with Gasteiger partial charge >= 0.3 is 18.0 Å². The van der Waals surface area contributed by atoms with Crippen LogP contribution in [0.1, 0.15) is 37.6 Å². The summed E-state index contributed by atoms with van der Waals surface area (Å²) in [6.07, 6.45) is -5.69. The maximum atomic E-state index is 14.1. The Morgan fingerprint density at radius 3 is 2.14 bits per heavy atom. The SMILES string of the molecule is CC(C)(C)[C@@]1(O)CC(C(F)(F)C(F)(F)C(F)(F)F)=NN1C(=O)c1cccnc1. The first-order valence-corrected chi connectivity index (χ1v) is 7.84. The lowest BCUT2D eigenvalue weighted by Gasteiger charge is -2.41. The van der Waals surface area contributed by atoms with Gasteiger partial charge in [-0.05, 0) is 12.1 Å². The maximum absolute atomic E-state index is 14.1. The molecule has 5 nitrogen and oxygen atoms in total. The summed E-state index contributed by atoms with van der Waals surface area (Å²) in [7, 11) is 0. The lowest BCUT2D eigenvalue weighted by Crippen LogP contribution is -2.58. The van der Waals surface area contributed by atoms with Crippen LogP contribution >= 0.6 is 0 Å². The van der Waals surface area contributed by atoms with Crippen molar-refractivity contribution in [2.45, 2.75) is 50.9 Å². The van der Waals surface area contributed by atoms with Crippen LogP contribution in [0.3, 0.4) is 0 Å². The Kier molecular flexibility index (Phi) is 5.04. The third kappa shape index (κ3) is 3.23. The molecule has 12 heteroatoms. The van der Waals surface area contributed by atoms with Gasteiger partial charge in [0.25, 0.3) is 5.91 Å². The molecule has 1 amide bonds. The average molecular weight is 415 g/mol. The summed E-state index contributed by atoms with van der Waals surface area (Å²) in [5.74, 6) is -13.4. The highest BCUT2D eigenvalue weighted by molar-refractivity contribution is 6.00. The van der Waals surface area contributed by atoms with E-state index >= 15 is 0 Å². The lowest BCUT2D eigenvalue weighted by atomic mass is 9.79. The van der Waals surface area contributed by atoms with Crippen molar-refractivity contribution >= 4 is 11.6 Å². The second-order valence-corrected chi connectivity index (χ2v) is 7.30. The number of rotatable bonds is 3. The molecule has 0 aliphatic carbocycles. The molecule has 1 aromatic heterocycles. The first-order chi connectivity index (χ1) is 12.5. The van der Waals surface area contributed by atoms with Crippen molar-refractivity contribution in [3.8, 4) is 0 Å². The fourth-order valence-corrected chi connectivity index (χ4v) is 2.49. The minimum Gasteiger partial charge on any atom is -0.368 e. The molecular formula is C16H16F7N3O2. The highest BCUT2D eigenvalue weighted by Gasteiger charge is 2.76. The predicted molar refractivity (Wildman–Crippen MR) is 82.8 cm³/mol. The largest absolute Gasteiger partial charge is 0.460 e. The summed E-state index contributed by atoms with van der Waals surface area (Å²) in [5, 5.41) is 14.0. The number of halogens is 7. The predicted octanol–water partition coefficient (Wildman–Crippen LogP) is 3.85. The van der Waals surface area contributed by atoms with Crippen LogP contribution in [0.5, 0.6) is 0 Å². The number of hydrogen-bond donors (Lipinski definition) is 1. The van der Waals surface area contributed by atoms with E-state index in [0.29, 0.717) is 0 Å². The molecule has 2 heterocycles. The van der Waals surface area contributed by atoms with Crippen LogP contribution in [0.2, 0.25) is 0 Å². The summed E-state index contributed by atoms with van der Waals surface area (Å²) >= 11 is 0. The zero-order valence-corrected chi connectivity index (χ0v) is 14.9. The number of aliphatic hydroxyl groups is 1. The van der Waals surface area contributed by atoms with Crippen molar-refractivity contribution in [3.05, 3.63) is 30.1 Å². The molecule has 0 spiro atoms. The molecule has 1 aliphatic rings. The minimum atomic E-state index is -6.57. The van der Waals surface area contributed by atoms with Crippen LogP contribution < -0.4 is 0 Å². The van der Waals surface area contributed by atoms with Gasteiger partial charge in [-0.25, -0.2) is 0 Å². The van der Waals surface area contributed by atoms with Gasteiger partial charge in [-0.2, -0.15) is 40.8 Å². The summed E-state index contributed by atoms with van der Waals surface area (Å²) in [6, 6.07) is 2.49. The summed E-state index contributed by atoms with van der Waals surface area (Å²) in [4.78, 5) is 16.2. The highest BCUT2D eigenvalue weighted by atomic mass is 19.4. The Balaban J connectivity index is 2.58. The molecule has 0 unspecified atom stereocenters. The van der Waals surface area contributed by atoms with Crippen LogP contribution in [0.4, 0.5) is 30.7 Å². The van der Waals surface area contributed by atoms with E-state index in [1.165, 1.54) is 39.1 Å². The number of pyridine rings is 1. The molecule has 28 heavy (non-hydrogen) atoms. The van der Waals surface area contributed by atoms with Crippen molar-refractivity contribution in [2.75, 3.05) is 0 Å². The number of hydrazone groups is 1. The van der Waals surface area contributed by atoms with E-state index < -0.39 is 47.2 Å². The van der Waals surface area contributed by atoms with Crippen LogP contribution in [0.15, 0.2) is 29.6 Å². The fourth-order valence-electron chi connectivity index (χ4n) is 2.49. The van der Waals surface area contributed by atoms with Crippen molar-refractivity contribution in [2.24, 2.45) is 10.5 Å². The smallest absolute Gasteiger partial charge is 0.368 e. The normalized spacial score (nSPS) is 21.7. The second kappa shape index (κ2) is 6.39. The van der Waals surface area contributed by atoms with Gasteiger partial charge in [-0.15, -0.1) is 0 Å².